The minimum Gasteiger partial charge on any atom is -0.365 e. The Hall–Kier alpha value is -0.380. The average Bonchev–Trinajstić information content (AvgIpc) is 3.52. The van der Waals surface area contributed by atoms with Crippen LogP contribution in [-0.2, 0) is 14.2 Å². The average molecular weight is 423 g/mol. The van der Waals surface area contributed by atoms with Gasteiger partial charge in [-0.2, -0.15) is 0 Å². The summed E-state index contributed by atoms with van der Waals surface area (Å²) in [7, 11) is 0. The third-order valence-corrected chi connectivity index (χ3v) is 6.50. The minimum atomic E-state index is 0.0620. The van der Waals surface area contributed by atoms with Crippen LogP contribution in [0.3, 0.4) is 0 Å². The maximum absolute atomic E-state index is 5.79. The molecule has 0 bridgehead atoms. The summed E-state index contributed by atoms with van der Waals surface area (Å²) >= 11 is 0. The van der Waals surface area contributed by atoms with Gasteiger partial charge in [-0.1, -0.05) is 89.7 Å². The van der Waals surface area contributed by atoms with Crippen LogP contribution in [0.2, 0.25) is 0 Å². The maximum Gasteiger partial charge on any atom is 0.157 e. The van der Waals surface area contributed by atoms with Crippen molar-refractivity contribution >= 4 is 0 Å². The molecule has 2 aliphatic heterocycles. The van der Waals surface area contributed by atoms with E-state index < -0.39 is 0 Å². The normalized spacial score (nSPS) is 24.0. The first-order chi connectivity index (χ1) is 14.9. The van der Waals surface area contributed by atoms with Crippen LogP contribution in [0.4, 0.5) is 0 Å². The lowest BCUT2D eigenvalue weighted by Gasteiger charge is -2.22. The molecule has 0 aromatic rings. The molecular formula is C27H50O3. The van der Waals surface area contributed by atoms with E-state index in [9.17, 15) is 0 Å². The molecule has 0 radical (unpaired) electrons. The van der Waals surface area contributed by atoms with E-state index in [1.54, 1.807) is 0 Å². The molecule has 176 valence electrons. The molecule has 0 amide bonds. The number of hydrogen-bond acceptors (Lipinski definition) is 3. The molecule has 30 heavy (non-hydrogen) atoms. The van der Waals surface area contributed by atoms with E-state index in [0.29, 0.717) is 12.2 Å². The van der Waals surface area contributed by atoms with Crippen molar-refractivity contribution in [3.63, 3.8) is 0 Å². The smallest absolute Gasteiger partial charge is 0.157 e. The van der Waals surface area contributed by atoms with Crippen molar-refractivity contribution in [2.45, 2.75) is 147 Å². The zero-order valence-electron chi connectivity index (χ0n) is 20.0. The van der Waals surface area contributed by atoms with Crippen molar-refractivity contribution in [1.29, 1.82) is 0 Å². The van der Waals surface area contributed by atoms with Crippen molar-refractivity contribution in [2.24, 2.45) is 0 Å². The number of allylic oxidation sites excluding steroid dienone is 1. The molecule has 3 atom stereocenters. The van der Waals surface area contributed by atoms with Crippen LogP contribution in [0.15, 0.2) is 12.2 Å². The van der Waals surface area contributed by atoms with Crippen LogP contribution in [0.1, 0.15) is 129 Å². The summed E-state index contributed by atoms with van der Waals surface area (Å²) in [6.45, 7) is 3.99. The van der Waals surface area contributed by atoms with Gasteiger partial charge in [0.15, 0.2) is 6.29 Å². The molecule has 3 heteroatoms. The molecule has 0 aromatic carbocycles. The highest BCUT2D eigenvalue weighted by atomic mass is 16.7. The maximum atomic E-state index is 5.79. The van der Waals surface area contributed by atoms with E-state index in [4.69, 9.17) is 14.2 Å². The fraction of sp³-hybridized carbons (Fsp3) is 0.926. The van der Waals surface area contributed by atoms with Gasteiger partial charge in [-0.3, -0.25) is 0 Å². The summed E-state index contributed by atoms with van der Waals surface area (Å²) in [6, 6.07) is 0. The molecule has 2 heterocycles. The van der Waals surface area contributed by atoms with E-state index >= 15 is 0 Å². The Bertz CT molecular complexity index is 403. The van der Waals surface area contributed by atoms with Gasteiger partial charge in [0.05, 0.1) is 6.10 Å². The number of rotatable bonds is 20. The molecule has 0 saturated carbocycles. The first-order valence-electron chi connectivity index (χ1n) is 13.5. The third kappa shape index (κ3) is 13.8. The van der Waals surface area contributed by atoms with E-state index in [1.165, 1.54) is 109 Å². The number of epoxide rings is 1. The van der Waals surface area contributed by atoms with Gasteiger partial charge in [0.25, 0.3) is 0 Å². The van der Waals surface area contributed by atoms with Gasteiger partial charge in [-0.25, -0.2) is 0 Å². The van der Waals surface area contributed by atoms with Crippen molar-refractivity contribution in [3.05, 3.63) is 12.2 Å². The highest BCUT2D eigenvalue weighted by Crippen LogP contribution is 2.28. The lowest BCUT2D eigenvalue weighted by molar-refractivity contribution is -0.162. The summed E-state index contributed by atoms with van der Waals surface area (Å²) in [4.78, 5) is 0. The Labute approximate surface area is 187 Å². The third-order valence-electron chi connectivity index (χ3n) is 6.50. The first kappa shape index (κ1) is 25.9. The molecule has 2 saturated heterocycles. The fourth-order valence-corrected chi connectivity index (χ4v) is 4.40. The molecule has 0 spiro atoms. The second-order valence-corrected chi connectivity index (χ2v) is 9.41. The Morgan fingerprint density at radius 3 is 2.17 bits per heavy atom. The number of ether oxygens (including phenoxy) is 3. The molecule has 0 aliphatic carbocycles. The molecule has 1 unspecified atom stereocenters. The van der Waals surface area contributed by atoms with Gasteiger partial charge in [0.1, 0.15) is 6.10 Å². The lowest BCUT2D eigenvalue weighted by Crippen LogP contribution is -2.22. The quantitative estimate of drug-likeness (QED) is 0.113. The second kappa shape index (κ2) is 18.2. The predicted molar refractivity (Wildman–Crippen MR) is 127 cm³/mol. The molecular weight excluding hydrogens is 372 g/mol. The molecule has 0 aromatic heterocycles. The first-order valence-corrected chi connectivity index (χ1v) is 13.5. The molecule has 2 aliphatic rings. The number of unbranched alkanes of at least 4 members (excludes halogenated alkanes) is 13. The zero-order chi connectivity index (χ0) is 21.1. The molecule has 0 N–H and O–H groups in total. The zero-order valence-corrected chi connectivity index (χ0v) is 20.0. The van der Waals surface area contributed by atoms with Gasteiger partial charge >= 0.3 is 0 Å². The SMILES string of the molecule is CCCCCCCCCCCCCCC=C[C@H]1O[C@H]1CCCCOC1CCCCO1. The van der Waals surface area contributed by atoms with Gasteiger partial charge in [0.2, 0.25) is 0 Å². The summed E-state index contributed by atoms with van der Waals surface area (Å²) in [6.07, 6.45) is 30.8. The van der Waals surface area contributed by atoms with Gasteiger partial charge in [-0.05, 0) is 51.4 Å². The Kier molecular flexibility index (Phi) is 15.7. The highest BCUT2D eigenvalue weighted by molar-refractivity contribution is 5.02. The van der Waals surface area contributed by atoms with Crippen LogP contribution >= 0.6 is 0 Å². The summed E-state index contributed by atoms with van der Waals surface area (Å²) in [5.41, 5.74) is 0. The summed E-state index contributed by atoms with van der Waals surface area (Å²) in [5, 5.41) is 0. The van der Waals surface area contributed by atoms with Crippen LogP contribution in [0.5, 0.6) is 0 Å². The monoisotopic (exact) mass is 422 g/mol. The van der Waals surface area contributed by atoms with Crippen LogP contribution < -0.4 is 0 Å². The number of hydrogen-bond donors (Lipinski definition) is 0. The minimum absolute atomic E-state index is 0.0620. The molecule has 2 fully saturated rings. The van der Waals surface area contributed by atoms with Crippen molar-refractivity contribution in [1.82, 2.24) is 0 Å². The van der Waals surface area contributed by atoms with Crippen LogP contribution in [-0.4, -0.2) is 31.7 Å². The van der Waals surface area contributed by atoms with Crippen LogP contribution in [0.25, 0.3) is 0 Å². The van der Waals surface area contributed by atoms with E-state index in [2.05, 4.69) is 19.1 Å². The van der Waals surface area contributed by atoms with Crippen LogP contribution in [0, 0.1) is 0 Å². The van der Waals surface area contributed by atoms with Crippen molar-refractivity contribution < 1.29 is 14.2 Å². The standard InChI is InChI=1S/C27H50O3/c1-2-3-4-5-6-7-8-9-10-11-12-13-14-15-20-25-26(30-25)21-16-18-23-28-27-22-17-19-24-29-27/h15,20,25-27H,2-14,16-19,21-24H2,1H3/t25-,26+,27?/m1/s1. The summed E-state index contributed by atoms with van der Waals surface area (Å²) in [5.74, 6) is 0. The lowest BCUT2D eigenvalue weighted by atomic mass is 10.0. The largest absolute Gasteiger partial charge is 0.365 e. The molecule has 3 nitrogen and oxygen atoms in total. The van der Waals surface area contributed by atoms with E-state index in [1.807, 2.05) is 0 Å². The summed E-state index contributed by atoms with van der Waals surface area (Å²) < 4.78 is 17.2. The predicted octanol–water partition coefficient (Wildman–Crippen LogP) is 8.11. The van der Waals surface area contributed by atoms with Crippen molar-refractivity contribution in [3.8, 4) is 0 Å². The van der Waals surface area contributed by atoms with Gasteiger partial charge < -0.3 is 14.2 Å². The molecule has 2 rings (SSSR count). The van der Waals surface area contributed by atoms with E-state index in [-0.39, 0.29) is 6.29 Å². The Morgan fingerprint density at radius 2 is 1.50 bits per heavy atom. The van der Waals surface area contributed by atoms with Gasteiger partial charge in [-0.15, -0.1) is 0 Å². The topological polar surface area (TPSA) is 31.0 Å². The van der Waals surface area contributed by atoms with E-state index in [0.717, 1.165) is 26.1 Å². The highest BCUT2D eigenvalue weighted by Gasteiger charge is 2.35. The Balaban J connectivity index is 1.27. The Morgan fingerprint density at radius 1 is 0.800 bits per heavy atom. The fourth-order valence-electron chi connectivity index (χ4n) is 4.40. The van der Waals surface area contributed by atoms with Crippen molar-refractivity contribution in [2.75, 3.05) is 13.2 Å². The second-order valence-electron chi connectivity index (χ2n) is 9.41. The van der Waals surface area contributed by atoms with Gasteiger partial charge in [0, 0.05) is 13.2 Å².